The third-order valence-electron chi connectivity index (χ3n) is 3.09. The van der Waals surface area contributed by atoms with Crippen LogP contribution in [0.3, 0.4) is 0 Å². The Bertz CT molecular complexity index is 826. The number of thiocarbonyl (C=S) groups is 1. The van der Waals surface area contributed by atoms with Crippen LogP contribution in [0.15, 0.2) is 58.3 Å². The summed E-state index contributed by atoms with van der Waals surface area (Å²) < 4.78 is 4.99. The third-order valence-corrected chi connectivity index (χ3v) is 4.29. The van der Waals surface area contributed by atoms with Crippen molar-refractivity contribution in [3.05, 3.63) is 48.5 Å². The Morgan fingerprint density at radius 1 is 1.00 bits per heavy atom. The van der Waals surface area contributed by atoms with Crippen LogP contribution in [0.1, 0.15) is 20.8 Å². The second-order valence-corrected chi connectivity index (χ2v) is 7.39. The zero-order chi connectivity index (χ0) is 19.8. The highest BCUT2D eigenvalue weighted by Gasteiger charge is 2.11. The number of alkyl carbamates (subject to hydrolysis) is 1. The predicted octanol–water partition coefficient (Wildman–Crippen LogP) is 4.63. The van der Waals surface area contributed by atoms with E-state index in [9.17, 15) is 9.59 Å². The first-order valence-corrected chi connectivity index (χ1v) is 9.49. The molecule has 6 nitrogen and oxygen atoms in total. The van der Waals surface area contributed by atoms with Gasteiger partial charge in [-0.25, -0.2) is 4.79 Å². The van der Waals surface area contributed by atoms with Crippen molar-refractivity contribution in [2.75, 3.05) is 10.6 Å². The van der Waals surface area contributed by atoms with Gasteiger partial charge in [0, 0.05) is 16.7 Å². The molecular weight excluding hydrogens is 382 g/mol. The summed E-state index contributed by atoms with van der Waals surface area (Å²) in [6, 6.07) is 15.4. The molecule has 0 atom stereocenters. The Morgan fingerprint density at radius 2 is 1.70 bits per heavy atom. The van der Waals surface area contributed by atoms with Crippen molar-refractivity contribution >= 4 is 52.5 Å². The Kier molecular flexibility index (Phi) is 7.63. The van der Waals surface area contributed by atoms with E-state index in [1.165, 1.54) is 6.92 Å². The molecule has 0 saturated heterocycles. The Labute approximate surface area is 168 Å². The van der Waals surface area contributed by atoms with Crippen molar-refractivity contribution in [2.24, 2.45) is 0 Å². The smallest absolute Gasteiger partial charge is 0.413 e. The van der Waals surface area contributed by atoms with Crippen molar-refractivity contribution in [1.82, 2.24) is 5.32 Å². The van der Waals surface area contributed by atoms with Crippen LogP contribution in [-0.2, 0) is 9.53 Å². The number of rotatable bonds is 5. The normalized spacial score (nSPS) is 10.2. The molecule has 2 aromatic rings. The number of benzene rings is 2. The molecule has 2 amide bonds. The van der Waals surface area contributed by atoms with Gasteiger partial charge in [0.05, 0.1) is 17.5 Å². The molecule has 0 fully saturated rings. The maximum Gasteiger partial charge on any atom is 0.413 e. The quantitative estimate of drug-likeness (QED) is 0.632. The zero-order valence-corrected chi connectivity index (χ0v) is 16.9. The van der Waals surface area contributed by atoms with Crippen molar-refractivity contribution in [2.45, 2.75) is 36.7 Å². The number of hydrogen-bond donors (Lipinski definition) is 3. The molecule has 0 radical (unpaired) electrons. The summed E-state index contributed by atoms with van der Waals surface area (Å²) in [4.78, 5) is 25.2. The summed E-state index contributed by atoms with van der Waals surface area (Å²) in [6.07, 6.45) is -0.892. The molecule has 0 unspecified atom stereocenters. The molecule has 0 aromatic heterocycles. The fourth-order valence-electron chi connectivity index (χ4n) is 2.10. The van der Waals surface area contributed by atoms with Gasteiger partial charge in [-0.3, -0.25) is 10.1 Å². The highest BCUT2D eigenvalue weighted by Crippen LogP contribution is 2.33. The standard InChI is InChI=1S/C19H21N3O3S2/c1-12(2)25-19(24)22-18(26)21-16-10-9-15(11-17(16)20-13(3)23)27-14-7-5-4-6-8-14/h4-12H,1-3H3,(H,20,23)(H2,21,22,24,26). The maximum atomic E-state index is 11.6. The van der Waals surface area contributed by atoms with Crippen molar-refractivity contribution < 1.29 is 14.3 Å². The first-order valence-electron chi connectivity index (χ1n) is 8.26. The van der Waals surface area contributed by atoms with Crippen molar-refractivity contribution in [3.63, 3.8) is 0 Å². The molecule has 0 aliphatic heterocycles. The highest BCUT2D eigenvalue weighted by atomic mass is 32.2. The third kappa shape index (κ3) is 7.28. The van der Waals surface area contributed by atoms with Gasteiger partial charge in [-0.05, 0) is 56.4 Å². The summed E-state index contributed by atoms with van der Waals surface area (Å²) in [5, 5.41) is 8.19. The van der Waals surface area contributed by atoms with E-state index in [4.69, 9.17) is 17.0 Å². The molecule has 0 bridgehead atoms. The lowest BCUT2D eigenvalue weighted by Gasteiger charge is -2.15. The van der Waals surface area contributed by atoms with Crippen LogP contribution in [0, 0.1) is 0 Å². The van der Waals surface area contributed by atoms with Crippen LogP contribution >= 0.6 is 24.0 Å². The highest BCUT2D eigenvalue weighted by molar-refractivity contribution is 7.99. The van der Waals surface area contributed by atoms with Crippen LogP contribution in [0.5, 0.6) is 0 Å². The summed E-state index contributed by atoms with van der Waals surface area (Å²) in [7, 11) is 0. The molecular formula is C19H21N3O3S2. The second kappa shape index (κ2) is 9.94. The summed E-state index contributed by atoms with van der Waals surface area (Å²) in [5.41, 5.74) is 1.13. The summed E-state index contributed by atoms with van der Waals surface area (Å²) in [5.74, 6) is -0.210. The summed E-state index contributed by atoms with van der Waals surface area (Å²) >= 11 is 6.71. The number of nitrogens with one attached hydrogen (secondary N) is 3. The van der Waals surface area contributed by atoms with Crippen LogP contribution in [0.2, 0.25) is 0 Å². The maximum absolute atomic E-state index is 11.6. The van der Waals surface area contributed by atoms with E-state index in [1.54, 1.807) is 31.7 Å². The fourth-order valence-corrected chi connectivity index (χ4v) is 3.17. The average Bonchev–Trinajstić information content (AvgIpc) is 2.56. The zero-order valence-electron chi connectivity index (χ0n) is 15.2. The molecule has 27 heavy (non-hydrogen) atoms. The van der Waals surface area contributed by atoms with Crippen LogP contribution in [0.25, 0.3) is 0 Å². The molecule has 0 heterocycles. The lowest BCUT2D eigenvalue weighted by atomic mass is 10.2. The lowest BCUT2D eigenvalue weighted by Crippen LogP contribution is -2.36. The minimum atomic E-state index is -0.639. The Hall–Kier alpha value is -2.58. The first-order chi connectivity index (χ1) is 12.8. The van der Waals surface area contributed by atoms with E-state index in [0.717, 1.165) is 9.79 Å². The van der Waals surface area contributed by atoms with Gasteiger partial charge < -0.3 is 15.4 Å². The molecule has 142 valence electrons. The molecule has 0 saturated carbocycles. The van der Waals surface area contributed by atoms with Crippen LogP contribution in [-0.4, -0.2) is 23.2 Å². The minimum absolute atomic E-state index is 0.0794. The molecule has 2 rings (SSSR count). The molecule has 3 N–H and O–H groups in total. The molecule has 0 spiro atoms. The number of carbonyl (C=O) groups is 2. The van der Waals surface area contributed by atoms with Gasteiger partial charge in [0.15, 0.2) is 5.11 Å². The van der Waals surface area contributed by atoms with E-state index in [1.807, 2.05) is 42.5 Å². The first kappa shape index (κ1) is 20.7. The van der Waals surface area contributed by atoms with Crippen LogP contribution in [0.4, 0.5) is 16.2 Å². The van der Waals surface area contributed by atoms with Gasteiger partial charge in [0.2, 0.25) is 5.91 Å². The van der Waals surface area contributed by atoms with Gasteiger partial charge in [0.1, 0.15) is 0 Å². The Morgan fingerprint density at radius 3 is 2.33 bits per heavy atom. The average molecular weight is 404 g/mol. The van der Waals surface area contributed by atoms with E-state index in [0.29, 0.717) is 11.4 Å². The van der Waals surface area contributed by atoms with Crippen molar-refractivity contribution in [1.29, 1.82) is 0 Å². The number of carbonyl (C=O) groups excluding carboxylic acids is 2. The van der Waals surface area contributed by atoms with Gasteiger partial charge in [0.25, 0.3) is 0 Å². The van der Waals surface area contributed by atoms with Gasteiger partial charge in [-0.1, -0.05) is 30.0 Å². The minimum Gasteiger partial charge on any atom is -0.447 e. The SMILES string of the molecule is CC(=O)Nc1cc(Sc2ccccc2)ccc1NC(=S)NC(=O)OC(C)C. The number of ether oxygens (including phenoxy) is 1. The molecule has 0 aliphatic carbocycles. The lowest BCUT2D eigenvalue weighted by molar-refractivity contribution is -0.114. The van der Waals surface area contributed by atoms with Crippen molar-refractivity contribution in [3.8, 4) is 0 Å². The van der Waals surface area contributed by atoms with E-state index < -0.39 is 6.09 Å². The van der Waals surface area contributed by atoms with E-state index in [-0.39, 0.29) is 17.1 Å². The largest absolute Gasteiger partial charge is 0.447 e. The molecule has 8 heteroatoms. The topological polar surface area (TPSA) is 79.5 Å². The second-order valence-electron chi connectivity index (χ2n) is 5.84. The van der Waals surface area contributed by atoms with Gasteiger partial charge >= 0.3 is 6.09 Å². The monoisotopic (exact) mass is 403 g/mol. The van der Waals surface area contributed by atoms with Crippen LogP contribution < -0.4 is 16.0 Å². The number of amides is 2. The fraction of sp³-hybridized carbons (Fsp3) is 0.211. The van der Waals surface area contributed by atoms with Gasteiger partial charge in [-0.2, -0.15) is 0 Å². The Balaban J connectivity index is 2.13. The van der Waals surface area contributed by atoms with Gasteiger partial charge in [-0.15, -0.1) is 0 Å². The summed E-state index contributed by atoms with van der Waals surface area (Å²) in [6.45, 7) is 4.92. The van der Waals surface area contributed by atoms with E-state index >= 15 is 0 Å². The number of anilines is 2. The van der Waals surface area contributed by atoms with E-state index in [2.05, 4.69) is 16.0 Å². The molecule has 0 aliphatic rings. The molecule has 2 aromatic carbocycles. The number of hydrogen-bond acceptors (Lipinski definition) is 5. The predicted molar refractivity (Wildman–Crippen MR) is 112 cm³/mol.